The van der Waals surface area contributed by atoms with E-state index in [2.05, 4.69) is 169 Å². The predicted molar refractivity (Wildman–Crippen MR) is 271 cm³/mol. The summed E-state index contributed by atoms with van der Waals surface area (Å²) in [5.41, 5.74) is 18.7. The SMILES string of the molecule is c1ccc(-c2ccc(-c3ccccc3-c3cc(-c4ccccc4-c4ccc(-c5cccnc5)nc4)cc(-c4ccccc4-c4cnc5c(c4)c4ccccc4c4cccnc45)c3)cn2)cc1. The van der Waals surface area contributed by atoms with Gasteiger partial charge >= 0.3 is 0 Å². The number of hydrogen-bond donors (Lipinski definition) is 0. The normalized spacial score (nSPS) is 11.3. The van der Waals surface area contributed by atoms with Crippen LogP contribution in [0, 0.1) is 0 Å². The number of hydrogen-bond acceptors (Lipinski definition) is 5. The molecule has 0 saturated carbocycles. The minimum Gasteiger partial charge on any atom is -0.264 e. The average molecular weight is 842 g/mol. The van der Waals surface area contributed by atoms with Crippen LogP contribution in [0.5, 0.6) is 0 Å². The molecule has 0 saturated heterocycles. The molecule has 66 heavy (non-hydrogen) atoms. The molecule has 5 aromatic heterocycles. The lowest BCUT2D eigenvalue weighted by Crippen LogP contribution is -1.93. The van der Waals surface area contributed by atoms with Gasteiger partial charge in [-0.15, -0.1) is 0 Å². The van der Waals surface area contributed by atoms with Gasteiger partial charge in [-0.1, -0.05) is 146 Å². The fourth-order valence-corrected chi connectivity index (χ4v) is 9.40. The van der Waals surface area contributed by atoms with Gasteiger partial charge in [0.25, 0.3) is 0 Å². The second-order valence-corrected chi connectivity index (χ2v) is 16.5. The molecule has 5 heterocycles. The number of nitrogens with zero attached hydrogens (tertiary/aromatic N) is 5. The van der Waals surface area contributed by atoms with Gasteiger partial charge in [-0.05, 0) is 115 Å². The Morgan fingerprint density at radius 3 is 1.21 bits per heavy atom. The first-order valence-corrected chi connectivity index (χ1v) is 22.1. The maximum Gasteiger partial charge on any atom is 0.0971 e. The zero-order chi connectivity index (χ0) is 43.8. The lowest BCUT2D eigenvalue weighted by atomic mass is 9.86. The number of pyridine rings is 5. The molecule has 0 aliphatic carbocycles. The molecule has 308 valence electrons. The Kier molecular flexibility index (Phi) is 9.77. The number of aromatic nitrogens is 5. The zero-order valence-electron chi connectivity index (χ0n) is 35.8. The molecule has 0 aliphatic heterocycles. The van der Waals surface area contributed by atoms with Crippen LogP contribution in [0.25, 0.3) is 122 Å². The Balaban J connectivity index is 1.04. The van der Waals surface area contributed by atoms with Crippen molar-refractivity contribution in [2.24, 2.45) is 0 Å². The van der Waals surface area contributed by atoms with Crippen LogP contribution in [0.15, 0.2) is 237 Å². The van der Waals surface area contributed by atoms with Gasteiger partial charge in [0, 0.05) is 75.8 Å². The second-order valence-electron chi connectivity index (χ2n) is 16.5. The molecule has 5 nitrogen and oxygen atoms in total. The van der Waals surface area contributed by atoms with E-state index in [1.807, 2.05) is 67.4 Å². The highest BCUT2D eigenvalue weighted by atomic mass is 14.7. The van der Waals surface area contributed by atoms with Crippen LogP contribution in [0.4, 0.5) is 0 Å². The molecule has 0 N–H and O–H groups in total. The summed E-state index contributed by atoms with van der Waals surface area (Å²) in [5.74, 6) is 0. The van der Waals surface area contributed by atoms with Gasteiger partial charge < -0.3 is 0 Å². The number of fused-ring (bicyclic) bond motifs is 6. The summed E-state index contributed by atoms with van der Waals surface area (Å²) < 4.78 is 0. The van der Waals surface area contributed by atoms with Crippen LogP contribution in [-0.2, 0) is 0 Å². The van der Waals surface area contributed by atoms with Crippen molar-refractivity contribution in [2.45, 2.75) is 0 Å². The highest BCUT2D eigenvalue weighted by Crippen LogP contribution is 2.43. The van der Waals surface area contributed by atoms with Crippen molar-refractivity contribution in [3.63, 3.8) is 0 Å². The van der Waals surface area contributed by atoms with E-state index >= 15 is 0 Å². The molecule has 0 aliphatic rings. The summed E-state index contributed by atoms with van der Waals surface area (Å²) in [4.78, 5) is 24.2. The van der Waals surface area contributed by atoms with E-state index in [9.17, 15) is 0 Å². The standard InChI is InChI=1S/C61H39N5/c1-2-14-40(15-3-1)58-28-26-41(37-64-58)48-17-4-6-19-50(48)44-32-45(51-20-7-5-18-49(51)42-27-29-59(65-38-42)43-16-12-30-62-36-43)34-46(33-44)52-21-8-9-22-53(52)47-35-57-55-24-11-10-23-54(55)56-25-13-31-63-60(56)61(57)66-39-47/h1-39H. The van der Waals surface area contributed by atoms with E-state index in [1.54, 1.807) is 6.20 Å². The molecular formula is C61H39N5. The Labute approximate surface area is 382 Å². The molecule has 0 fully saturated rings. The summed E-state index contributed by atoms with van der Waals surface area (Å²) in [7, 11) is 0. The minimum absolute atomic E-state index is 0.883. The van der Waals surface area contributed by atoms with Gasteiger partial charge in [0.2, 0.25) is 0 Å². The summed E-state index contributed by atoms with van der Waals surface area (Å²) >= 11 is 0. The topological polar surface area (TPSA) is 64.5 Å². The molecule has 12 rings (SSSR count). The van der Waals surface area contributed by atoms with E-state index in [0.29, 0.717) is 0 Å². The first kappa shape index (κ1) is 38.7. The quantitative estimate of drug-likeness (QED) is 0.143. The van der Waals surface area contributed by atoms with Crippen molar-refractivity contribution >= 4 is 32.6 Å². The summed E-state index contributed by atoms with van der Waals surface area (Å²) in [5, 5.41) is 4.51. The van der Waals surface area contributed by atoms with Crippen molar-refractivity contribution in [3.05, 3.63) is 237 Å². The first-order chi connectivity index (χ1) is 32.7. The average Bonchev–Trinajstić information content (AvgIpc) is 3.41. The molecular weight excluding hydrogens is 803 g/mol. The largest absolute Gasteiger partial charge is 0.264 e. The third-order valence-corrected chi connectivity index (χ3v) is 12.6. The van der Waals surface area contributed by atoms with Gasteiger partial charge in [0.1, 0.15) is 0 Å². The van der Waals surface area contributed by atoms with Gasteiger partial charge in [-0.3, -0.25) is 24.9 Å². The highest BCUT2D eigenvalue weighted by Gasteiger charge is 2.18. The van der Waals surface area contributed by atoms with E-state index < -0.39 is 0 Å². The summed E-state index contributed by atoms with van der Waals surface area (Å²) in [6.07, 6.45) is 11.5. The lowest BCUT2D eigenvalue weighted by molar-refractivity contribution is 1.28. The van der Waals surface area contributed by atoms with Crippen molar-refractivity contribution in [3.8, 4) is 89.3 Å². The molecule has 0 amide bonds. The van der Waals surface area contributed by atoms with Gasteiger partial charge in [0.05, 0.1) is 22.4 Å². The van der Waals surface area contributed by atoms with Crippen molar-refractivity contribution in [1.29, 1.82) is 0 Å². The first-order valence-electron chi connectivity index (χ1n) is 22.1. The summed E-state index contributed by atoms with van der Waals surface area (Å²) in [6.45, 7) is 0. The van der Waals surface area contributed by atoms with Crippen LogP contribution in [0.2, 0.25) is 0 Å². The van der Waals surface area contributed by atoms with Crippen molar-refractivity contribution in [2.75, 3.05) is 0 Å². The lowest BCUT2D eigenvalue weighted by Gasteiger charge is -2.18. The molecule has 0 spiro atoms. The van der Waals surface area contributed by atoms with E-state index in [0.717, 1.165) is 116 Å². The molecule has 0 bridgehead atoms. The maximum absolute atomic E-state index is 5.16. The zero-order valence-corrected chi connectivity index (χ0v) is 35.8. The van der Waals surface area contributed by atoms with Crippen LogP contribution < -0.4 is 0 Å². The Morgan fingerprint density at radius 1 is 0.227 bits per heavy atom. The van der Waals surface area contributed by atoms with Crippen LogP contribution in [-0.4, -0.2) is 24.9 Å². The molecule has 5 heteroatoms. The van der Waals surface area contributed by atoms with Crippen LogP contribution in [0.3, 0.4) is 0 Å². The Bertz CT molecular complexity index is 3560. The Morgan fingerprint density at radius 2 is 0.667 bits per heavy atom. The summed E-state index contributed by atoms with van der Waals surface area (Å²) in [6, 6.07) is 70.8. The third kappa shape index (κ3) is 7.05. The highest BCUT2D eigenvalue weighted by molar-refractivity contribution is 6.23. The number of benzene rings is 7. The number of rotatable bonds is 8. The van der Waals surface area contributed by atoms with E-state index in [4.69, 9.17) is 19.9 Å². The van der Waals surface area contributed by atoms with Gasteiger partial charge in [-0.25, -0.2) is 0 Å². The second kappa shape index (κ2) is 16.6. The molecule has 7 aromatic carbocycles. The fourth-order valence-electron chi connectivity index (χ4n) is 9.40. The van der Waals surface area contributed by atoms with E-state index in [-0.39, 0.29) is 0 Å². The van der Waals surface area contributed by atoms with Crippen LogP contribution >= 0.6 is 0 Å². The van der Waals surface area contributed by atoms with Crippen LogP contribution in [0.1, 0.15) is 0 Å². The fraction of sp³-hybridized carbons (Fsp3) is 0. The smallest absolute Gasteiger partial charge is 0.0971 e. The van der Waals surface area contributed by atoms with Gasteiger partial charge in [-0.2, -0.15) is 0 Å². The third-order valence-electron chi connectivity index (χ3n) is 12.6. The van der Waals surface area contributed by atoms with Gasteiger partial charge in [0.15, 0.2) is 0 Å². The van der Waals surface area contributed by atoms with E-state index in [1.165, 1.54) is 5.39 Å². The molecule has 0 atom stereocenters. The predicted octanol–water partition coefficient (Wildman–Crippen LogP) is 15.5. The maximum atomic E-state index is 5.16. The van der Waals surface area contributed by atoms with Crippen molar-refractivity contribution < 1.29 is 0 Å². The van der Waals surface area contributed by atoms with Crippen molar-refractivity contribution in [1.82, 2.24) is 24.9 Å². The molecule has 12 aromatic rings. The monoisotopic (exact) mass is 841 g/mol. The molecule has 0 radical (unpaired) electrons. The Hall–Kier alpha value is -8.93. The minimum atomic E-state index is 0.883. The molecule has 0 unspecified atom stereocenters.